The maximum Gasteiger partial charge on any atom is 0.317 e. The number of nitrogens with one attached hydrogen (secondary N) is 1. The molecule has 2 aromatic rings. The Kier molecular flexibility index (Phi) is 4.89. The quantitative estimate of drug-likeness (QED) is 0.898. The molecule has 27 heavy (non-hydrogen) atoms. The second-order valence-electron chi connectivity index (χ2n) is 8.05. The van der Waals surface area contributed by atoms with Crippen LogP contribution in [0.2, 0.25) is 0 Å². The van der Waals surface area contributed by atoms with Crippen molar-refractivity contribution in [1.82, 2.24) is 19.7 Å². The van der Waals surface area contributed by atoms with Crippen molar-refractivity contribution in [3.05, 3.63) is 35.5 Å². The number of amides is 2. The zero-order valence-corrected chi connectivity index (χ0v) is 17.0. The number of carbonyl (C=O) groups excluding carboxylic acids is 1. The summed E-state index contributed by atoms with van der Waals surface area (Å²) in [6.07, 6.45) is 4.49. The van der Waals surface area contributed by atoms with E-state index in [2.05, 4.69) is 53.2 Å². The summed E-state index contributed by atoms with van der Waals surface area (Å²) < 4.78 is 2.38. The molecule has 146 valence electrons. The number of piperidine rings is 1. The molecule has 1 aromatic heterocycles. The molecule has 5 heteroatoms. The number of benzene rings is 1. The highest BCUT2D eigenvalue weighted by Crippen LogP contribution is 2.43. The molecule has 0 saturated carbocycles. The fraction of sp³-hybridized carbons (Fsp3) is 0.591. The van der Waals surface area contributed by atoms with Crippen LogP contribution in [-0.4, -0.2) is 59.2 Å². The van der Waals surface area contributed by atoms with Crippen molar-refractivity contribution in [2.75, 3.05) is 26.7 Å². The smallest absolute Gasteiger partial charge is 0.317 e. The van der Waals surface area contributed by atoms with E-state index in [9.17, 15) is 4.79 Å². The van der Waals surface area contributed by atoms with Crippen LogP contribution < -0.4 is 5.32 Å². The number of hydrogen-bond acceptors (Lipinski definition) is 2. The summed E-state index contributed by atoms with van der Waals surface area (Å²) in [7, 11) is 2.22. The molecule has 0 spiro atoms. The minimum Gasteiger partial charge on any atom is -0.347 e. The van der Waals surface area contributed by atoms with E-state index in [0.717, 1.165) is 39.0 Å². The lowest BCUT2D eigenvalue weighted by Crippen LogP contribution is -2.56. The van der Waals surface area contributed by atoms with Gasteiger partial charge in [0.05, 0.1) is 0 Å². The lowest BCUT2D eigenvalue weighted by Gasteiger charge is -2.45. The molecule has 4 rings (SSSR count). The molecule has 1 N–H and O–H groups in total. The Morgan fingerprint density at radius 2 is 2.04 bits per heavy atom. The minimum atomic E-state index is 0.0729. The van der Waals surface area contributed by atoms with Crippen LogP contribution >= 0.6 is 0 Å². The molecule has 1 unspecified atom stereocenters. The van der Waals surface area contributed by atoms with E-state index in [1.165, 1.54) is 22.0 Å². The van der Waals surface area contributed by atoms with Crippen molar-refractivity contribution < 1.29 is 4.79 Å². The van der Waals surface area contributed by atoms with Gasteiger partial charge in [0.15, 0.2) is 0 Å². The van der Waals surface area contributed by atoms with Crippen molar-refractivity contribution in [1.29, 1.82) is 0 Å². The highest BCUT2D eigenvalue weighted by molar-refractivity contribution is 5.89. The van der Waals surface area contributed by atoms with Gasteiger partial charge in [0, 0.05) is 61.3 Å². The fourth-order valence-corrected chi connectivity index (χ4v) is 5.26. The molecule has 1 fully saturated rings. The molecular formula is C22H32N4O. The van der Waals surface area contributed by atoms with Crippen LogP contribution in [0.1, 0.15) is 44.2 Å². The Morgan fingerprint density at radius 1 is 1.26 bits per heavy atom. The normalized spacial score (nSPS) is 24.7. The van der Waals surface area contributed by atoms with Gasteiger partial charge in [-0.15, -0.1) is 0 Å². The SMILES string of the molecule is CCN(CC)C(=O)N[C@H]1CC2c3cccc4c3c(cn4CC)C[C@H]2N(C)C1. The molecule has 0 radical (unpaired) electrons. The molecule has 2 heterocycles. The van der Waals surface area contributed by atoms with Crippen LogP contribution in [0, 0.1) is 0 Å². The highest BCUT2D eigenvalue weighted by Gasteiger charge is 2.40. The van der Waals surface area contributed by atoms with Crippen molar-refractivity contribution >= 4 is 16.9 Å². The number of likely N-dealkylation sites (tertiary alicyclic amines) is 1. The van der Waals surface area contributed by atoms with Gasteiger partial charge in [0.1, 0.15) is 0 Å². The van der Waals surface area contributed by atoms with Crippen LogP contribution in [0.5, 0.6) is 0 Å². The Morgan fingerprint density at radius 3 is 2.74 bits per heavy atom. The van der Waals surface area contributed by atoms with Gasteiger partial charge in [-0.05, 0) is 57.9 Å². The van der Waals surface area contributed by atoms with Crippen LogP contribution in [0.25, 0.3) is 10.9 Å². The van der Waals surface area contributed by atoms with Crippen molar-refractivity contribution in [3.63, 3.8) is 0 Å². The van der Waals surface area contributed by atoms with Gasteiger partial charge in [-0.25, -0.2) is 4.79 Å². The van der Waals surface area contributed by atoms with E-state index in [-0.39, 0.29) is 12.1 Å². The third kappa shape index (κ3) is 3.02. The van der Waals surface area contributed by atoms with Crippen molar-refractivity contribution in [2.24, 2.45) is 0 Å². The zero-order valence-electron chi connectivity index (χ0n) is 17.0. The first-order valence-corrected chi connectivity index (χ1v) is 10.4. The second kappa shape index (κ2) is 7.19. The summed E-state index contributed by atoms with van der Waals surface area (Å²) in [5.74, 6) is 0.481. The Balaban J connectivity index is 1.64. The standard InChI is InChI=1S/C22H32N4O/c1-5-25(6-2)22(27)23-16-12-18-17-9-8-10-19-21(17)15(13-26(19)7-3)11-20(18)24(4)14-16/h8-10,13,16,18,20H,5-7,11-12,14H2,1-4H3,(H,23,27)/t16-,18?,20+/m0/s1. The van der Waals surface area contributed by atoms with Gasteiger partial charge in [-0.1, -0.05) is 12.1 Å². The predicted octanol–water partition coefficient (Wildman–Crippen LogP) is 3.43. The summed E-state index contributed by atoms with van der Waals surface area (Å²) in [6, 6.07) is 7.56. The summed E-state index contributed by atoms with van der Waals surface area (Å²) in [5.41, 5.74) is 4.32. The number of urea groups is 1. The van der Waals surface area contributed by atoms with E-state index in [0.29, 0.717) is 12.0 Å². The number of likely N-dealkylation sites (N-methyl/N-ethyl adjacent to an activating group) is 1. The molecule has 1 aromatic carbocycles. The summed E-state index contributed by atoms with van der Waals surface area (Å²) in [5, 5.41) is 4.76. The van der Waals surface area contributed by atoms with E-state index in [4.69, 9.17) is 0 Å². The van der Waals surface area contributed by atoms with Crippen LogP contribution in [-0.2, 0) is 13.0 Å². The van der Waals surface area contributed by atoms with Crippen LogP contribution in [0.4, 0.5) is 4.79 Å². The third-order valence-corrected chi connectivity index (χ3v) is 6.64. The second-order valence-corrected chi connectivity index (χ2v) is 8.05. The monoisotopic (exact) mass is 368 g/mol. The topological polar surface area (TPSA) is 40.5 Å². The number of rotatable bonds is 4. The molecular weight excluding hydrogens is 336 g/mol. The van der Waals surface area contributed by atoms with Gasteiger partial charge in [0.2, 0.25) is 0 Å². The van der Waals surface area contributed by atoms with Gasteiger partial charge in [-0.2, -0.15) is 0 Å². The number of aromatic nitrogens is 1. The average Bonchev–Trinajstić information content (AvgIpc) is 3.03. The van der Waals surface area contributed by atoms with E-state index < -0.39 is 0 Å². The Labute approximate surface area is 162 Å². The fourth-order valence-electron chi connectivity index (χ4n) is 5.26. The third-order valence-electron chi connectivity index (χ3n) is 6.64. The summed E-state index contributed by atoms with van der Waals surface area (Å²) in [4.78, 5) is 16.9. The van der Waals surface area contributed by atoms with E-state index in [1.807, 2.05) is 18.7 Å². The largest absolute Gasteiger partial charge is 0.347 e. The van der Waals surface area contributed by atoms with Gasteiger partial charge in [-0.3, -0.25) is 0 Å². The molecule has 3 atom stereocenters. The van der Waals surface area contributed by atoms with Gasteiger partial charge in [0.25, 0.3) is 0 Å². The van der Waals surface area contributed by atoms with Crippen LogP contribution in [0.15, 0.2) is 24.4 Å². The van der Waals surface area contributed by atoms with Crippen molar-refractivity contribution in [3.8, 4) is 0 Å². The average molecular weight is 369 g/mol. The van der Waals surface area contributed by atoms with E-state index >= 15 is 0 Å². The number of aryl methyl sites for hydroxylation is 1. The van der Waals surface area contributed by atoms with Gasteiger partial charge < -0.3 is 19.7 Å². The van der Waals surface area contributed by atoms with Crippen molar-refractivity contribution in [2.45, 2.75) is 58.2 Å². The number of carbonyl (C=O) groups is 1. The number of nitrogens with zero attached hydrogens (tertiary/aromatic N) is 3. The molecule has 2 amide bonds. The summed E-state index contributed by atoms with van der Waals surface area (Å²) >= 11 is 0. The maximum absolute atomic E-state index is 12.6. The summed E-state index contributed by atoms with van der Waals surface area (Å²) in [6.45, 7) is 9.73. The first-order chi connectivity index (χ1) is 13.1. The minimum absolute atomic E-state index is 0.0729. The van der Waals surface area contributed by atoms with Gasteiger partial charge >= 0.3 is 6.03 Å². The zero-order chi connectivity index (χ0) is 19.1. The molecule has 1 aliphatic heterocycles. The maximum atomic E-state index is 12.6. The van der Waals surface area contributed by atoms with E-state index in [1.54, 1.807) is 0 Å². The molecule has 2 aliphatic rings. The molecule has 1 aliphatic carbocycles. The molecule has 0 bridgehead atoms. The lowest BCUT2D eigenvalue weighted by atomic mass is 9.74. The predicted molar refractivity (Wildman–Crippen MR) is 110 cm³/mol. The highest BCUT2D eigenvalue weighted by atomic mass is 16.2. The number of hydrogen-bond donors (Lipinski definition) is 1. The first-order valence-electron chi connectivity index (χ1n) is 10.4. The Hall–Kier alpha value is -2.01. The van der Waals surface area contributed by atoms with Crippen LogP contribution in [0.3, 0.4) is 0 Å². The first kappa shape index (κ1) is 18.4. The Bertz CT molecular complexity index is 838. The lowest BCUT2D eigenvalue weighted by molar-refractivity contribution is 0.124. The molecule has 5 nitrogen and oxygen atoms in total. The molecule has 1 saturated heterocycles. The number of fused-ring (bicyclic) bond motifs is 2.